The Labute approximate surface area is 115 Å². The summed E-state index contributed by atoms with van der Waals surface area (Å²) < 4.78 is 0. The third kappa shape index (κ3) is 2.90. The summed E-state index contributed by atoms with van der Waals surface area (Å²) in [5.41, 5.74) is 4.42. The van der Waals surface area contributed by atoms with E-state index < -0.39 is 0 Å². The molecule has 3 N–H and O–H groups in total. The van der Waals surface area contributed by atoms with Gasteiger partial charge in [0.25, 0.3) is 0 Å². The van der Waals surface area contributed by atoms with Gasteiger partial charge in [0.1, 0.15) is 5.82 Å². The predicted octanol–water partition coefficient (Wildman–Crippen LogP) is 2.52. The van der Waals surface area contributed by atoms with Crippen molar-refractivity contribution in [3.63, 3.8) is 0 Å². The lowest BCUT2D eigenvalue weighted by atomic mass is 9.77. The first-order chi connectivity index (χ1) is 9.30. The summed E-state index contributed by atoms with van der Waals surface area (Å²) in [6, 6.07) is 5.99. The average molecular weight is 260 g/mol. The second-order valence-corrected chi connectivity index (χ2v) is 6.14. The Morgan fingerprint density at radius 1 is 1.16 bits per heavy atom. The SMILES string of the molecule is NNc1cccc(CN2CCC3(CCCC3)CC2)n1. The van der Waals surface area contributed by atoms with Crippen LogP contribution in [0.1, 0.15) is 44.2 Å². The molecule has 0 bridgehead atoms. The number of likely N-dealkylation sites (tertiary alicyclic amines) is 1. The molecule has 0 radical (unpaired) electrons. The van der Waals surface area contributed by atoms with Gasteiger partial charge in [-0.25, -0.2) is 10.8 Å². The van der Waals surface area contributed by atoms with Crippen molar-refractivity contribution in [2.75, 3.05) is 18.5 Å². The molecular weight excluding hydrogens is 236 g/mol. The second kappa shape index (κ2) is 5.47. The van der Waals surface area contributed by atoms with E-state index in [9.17, 15) is 0 Å². The number of hydrazine groups is 1. The molecule has 1 aromatic heterocycles. The minimum atomic E-state index is 0.699. The normalized spacial score (nSPS) is 22.8. The first-order valence-electron chi connectivity index (χ1n) is 7.45. The van der Waals surface area contributed by atoms with Crippen molar-refractivity contribution < 1.29 is 0 Å². The number of nitrogen functional groups attached to an aromatic ring is 1. The van der Waals surface area contributed by atoms with Crippen LogP contribution in [0.2, 0.25) is 0 Å². The zero-order valence-electron chi connectivity index (χ0n) is 11.6. The number of piperidine rings is 1. The number of aromatic nitrogens is 1. The van der Waals surface area contributed by atoms with Crippen LogP contribution in [0.4, 0.5) is 5.82 Å². The molecule has 2 heterocycles. The van der Waals surface area contributed by atoms with Crippen molar-refractivity contribution in [3.05, 3.63) is 23.9 Å². The molecule has 1 aliphatic carbocycles. The van der Waals surface area contributed by atoms with E-state index in [0.717, 1.165) is 18.1 Å². The van der Waals surface area contributed by atoms with Crippen LogP contribution in [0, 0.1) is 5.41 Å². The minimum Gasteiger partial charge on any atom is -0.308 e. The highest BCUT2D eigenvalue weighted by Gasteiger charge is 2.36. The number of nitrogens with two attached hydrogens (primary N) is 1. The van der Waals surface area contributed by atoms with Crippen LogP contribution in [-0.2, 0) is 6.54 Å². The molecule has 4 nitrogen and oxygen atoms in total. The fourth-order valence-electron chi connectivity index (χ4n) is 3.69. The summed E-state index contributed by atoms with van der Waals surface area (Å²) in [6.45, 7) is 3.40. The van der Waals surface area contributed by atoms with Gasteiger partial charge in [-0.2, -0.15) is 0 Å². The lowest BCUT2D eigenvalue weighted by Gasteiger charge is -2.39. The summed E-state index contributed by atoms with van der Waals surface area (Å²) in [7, 11) is 0. The maximum Gasteiger partial charge on any atom is 0.140 e. The van der Waals surface area contributed by atoms with Crippen LogP contribution in [-0.4, -0.2) is 23.0 Å². The Morgan fingerprint density at radius 3 is 2.58 bits per heavy atom. The number of rotatable bonds is 3. The van der Waals surface area contributed by atoms with Gasteiger partial charge in [0.05, 0.1) is 5.69 Å². The first kappa shape index (κ1) is 12.9. The first-order valence-corrected chi connectivity index (χ1v) is 7.45. The van der Waals surface area contributed by atoms with E-state index in [2.05, 4.69) is 21.4 Å². The highest BCUT2D eigenvalue weighted by molar-refractivity contribution is 5.33. The van der Waals surface area contributed by atoms with Gasteiger partial charge in [0, 0.05) is 6.54 Å². The zero-order chi connectivity index (χ0) is 13.1. The van der Waals surface area contributed by atoms with E-state index in [-0.39, 0.29) is 0 Å². The predicted molar refractivity (Wildman–Crippen MR) is 77.5 cm³/mol. The van der Waals surface area contributed by atoms with Crippen molar-refractivity contribution in [2.45, 2.75) is 45.1 Å². The lowest BCUT2D eigenvalue weighted by Crippen LogP contribution is -2.38. The Hall–Kier alpha value is -1.13. The molecule has 19 heavy (non-hydrogen) atoms. The molecule has 2 fully saturated rings. The van der Waals surface area contributed by atoms with Gasteiger partial charge in [-0.3, -0.25) is 4.90 Å². The van der Waals surface area contributed by atoms with Crippen molar-refractivity contribution in [1.82, 2.24) is 9.88 Å². The molecule has 4 heteroatoms. The van der Waals surface area contributed by atoms with E-state index in [1.165, 1.54) is 51.6 Å². The van der Waals surface area contributed by atoms with Crippen molar-refractivity contribution in [3.8, 4) is 0 Å². The summed E-state index contributed by atoms with van der Waals surface area (Å²) in [6.07, 6.45) is 8.58. The largest absolute Gasteiger partial charge is 0.308 e. The smallest absolute Gasteiger partial charge is 0.140 e. The molecule has 1 saturated heterocycles. The Kier molecular flexibility index (Phi) is 3.71. The summed E-state index contributed by atoms with van der Waals surface area (Å²) in [4.78, 5) is 7.03. The van der Waals surface area contributed by atoms with Crippen LogP contribution in [0.5, 0.6) is 0 Å². The van der Waals surface area contributed by atoms with Gasteiger partial charge in [-0.05, 0) is 56.3 Å². The number of nitrogens with one attached hydrogen (secondary N) is 1. The Morgan fingerprint density at radius 2 is 1.89 bits per heavy atom. The van der Waals surface area contributed by atoms with Crippen LogP contribution < -0.4 is 11.3 Å². The van der Waals surface area contributed by atoms with Crippen molar-refractivity contribution >= 4 is 5.82 Å². The molecule has 2 aliphatic rings. The van der Waals surface area contributed by atoms with E-state index in [0.29, 0.717) is 5.41 Å². The minimum absolute atomic E-state index is 0.699. The van der Waals surface area contributed by atoms with Crippen LogP contribution in [0.3, 0.4) is 0 Å². The van der Waals surface area contributed by atoms with E-state index >= 15 is 0 Å². The summed E-state index contributed by atoms with van der Waals surface area (Å²) in [5.74, 6) is 6.16. The van der Waals surface area contributed by atoms with Crippen LogP contribution in [0.25, 0.3) is 0 Å². The zero-order valence-corrected chi connectivity index (χ0v) is 11.6. The molecule has 0 amide bonds. The molecule has 1 saturated carbocycles. The van der Waals surface area contributed by atoms with Gasteiger partial charge in [0.15, 0.2) is 0 Å². The molecule has 0 atom stereocenters. The lowest BCUT2D eigenvalue weighted by molar-refractivity contribution is 0.103. The Balaban J connectivity index is 1.56. The van der Waals surface area contributed by atoms with E-state index in [1.54, 1.807) is 0 Å². The number of pyridine rings is 1. The fourth-order valence-corrected chi connectivity index (χ4v) is 3.69. The van der Waals surface area contributed by atoms with Crippen LogP contribution in [0.15, 0.2) is 18.2 Å². The third-order valence-electron chi connectivity index (χ3n) is 4.92. The number of hydrogen-bond acceptors (Lipinski definition) is 4. The maximum absolute atomic E-state index is 5.40. The van der Waals surface area contributed by atoms with E-state index in [1.807, 2.05) is 12.1 Å². The number of anilines is 1. The second-order valence-electron chi connectivity index (χ2n) is 6.14. The molecule has 104 valence electrons. The molecule has 1 aliphatic heterocycles. The van der Waals surface area contributed by atoms with Crippen LogP contribution >= 0.6 is 0 Å². The molecule has 1 aromatic rings. The van der Waals surface area contributed by atoms with Gasteiger partial charge in [-0.1, -0.05) is 18.9 Å². The third-order valence-corrected chi connectivity index (χ3v) is 4.92. The maximum atomic E-state index is 5.40. The molecule has 3 rings (SSSR count). The summed E-state index contributed by atoms with van der Waals surface area (Å²) >= 11 is 0. The average Bonchev–Trinajstić information content (AvgIpc) is 2.90. The summed E-state index contributed by atoms with van der Waals surface area (Å²) in [5, 5.41) is 0. The van der Waals surface area contributed by atoms with Crippen molar-refractivity contribution in [2.24, 2.45) is 11.3 Å². The quantitative estimate of drug-likeness (QED) is 0.648. The van der Waals surface area contributed by atoms with Gasteiger partial charge < -0.3 is 5.43 Å². The molecule has 0 aromatic carbocycles. The number of nitrogens with zero attached hydrogens (tertiary/aromatic N) is 2. The van der Waals surface area contributed by atoms with Gasteiger partial charge in [-0.15, -0.1) is 0 Å². The monoisotopic (exact) mass is 260 g/mol. The molecule has 0 unspecified atom stereocenters. The van der Waals surface area contributed by atoms with Gasteiger partial charge >= 0.3 is 0 Å². The molecular formula is C15H24N4. The number of hydrogen-bond donors (Lipinski definition) is 2. The van der Waals surface area contributed by atoms with Gasteiger partial charge in [0.2, 0.25) is 0 Å². The topological polar surface area (TPSA) is 54.2 Å². The highest BCUT2D eigenvalue weighted by atomic mass is 15.3. The standard InChI is InChI=1S/C15H24N4/c16-18-14-5-3-4-13(17-14)12-19-10-8-15(9-11-19)6-1-2-7-15/h3-5H,1-2,6-12,16H2,(H,17,18). The fraction of sp³-hybridized carbons (Fsp3) is 0.667. The highest BCUT2D eigenvalue weighted by Crippen LogP contribution is 2.46. The molecule has 1 spiro atoms. The Bertz CT molecular complexity index is 416. The van der Waals surface area contributed by atoms with E-state index in [4.69, 9.17) is 5.84 Å². The van der Waals surface area contributed by atoms with Crippen molar-refractivity contribution in [1.29, 1.82) is 0 Å².